The van der Waals surface area contributed by atoms with Gasteiger partial charge in [-0.25, -0.2) is 9.97 Å². The third kappa shape index (κ3) is 2.91. The molecule has 0 aliphatic carbocycles. The molecular weight excluding hydrogens is 274 g/mol. The molecule has 0 saturated heterocycles. The predicted octanol–water partition coefficient (Wildman–Crippen LogP) is 3.92. The summed E-state index contributed by atoms with van der Waals surface area (Å²) in [5.74, 6) is 1.50. The Labute approximate surface area is 130 Å². The van der Waals surface area contributed by atoms with Crippen molar-refractivity contribution < 1.29 is 4.74 Å². The maximum absolute atomic E-state index is 5.18. The molecule has 0 atom stereocenters. The molecule has 0 spiro atoms. The number of anilines is 2. The number of ether oxygens (including phenoxy) is 1. The molecule has 0 fully saturated rings. The fourth-order valence-electron chi connectivity index (χ4n) is 2.20. The number of aromatic nitrogens is 2. The van der Waals surface area contributed by atoms with Crippen molar-refractivity contribution in [2.75, 3.05) is 19.1 Å². The van der Waals surface area contributed by atoms with E-state index in [1.807, 2.05) is 72.6 Å². The van der Waals surface area contributed by atoms with Crippen LogP contribution in [-0.2, 0) is 0 Å². The standard InChI is InChI=1S/C18H17N3O/c1-21(15-6-4-3-5-7-15)18-19-13-12-17(20-18)14-8-10-16(22-2)11-9-14/h3-13H,1-2H3. The minimum atomic E-state index is 0.666. The molecule has 110 valence electrons. The molecule has 0 aliphatic rings. The summed E-state index contributed by atoms with van der Waals surface area (Å²) in [7, 11) is 3.62. The van der Waals surface area contributed by atoms with Gasteiger partial charge in [0.2, 0.25) is 5.95 Å². The van der Waals surface area contributed by atoms with Crippen LogP contribution < -0.4 is 9.64 Å². The minimum absolute atomic E-state index is 0.666. The summed E-state index contributed by atoms with van der Waals surface area (Å²) in [6.07, 6.45) is 1.78. The van der Waals surface area contributed by atoms with E-state index < -0.39 is 0 Å². The van der Waals surface area contributed by atoms with Crippen molar-refractivity contribution in [3.05, 3.63) is 66.9 Å². The third-order valence-corrected chi connectivity index (χ3v) is 3.47. The van der Waals surface area contributed by atoms with Crippen LogP contribution in [0, 0.1) is 0 Å². The maximum atomic E-state index is 5.18. The van der Waals surface area contributed by atoms with Crippen molar-refractivity contribution in [3.63, 3.8) is 0 Å². The van der Waals surface area contributed by atoms with E-state index in [2.05, 4.69) is 9.97 Å². The Morgan fingerprint density at radius 2 is 1.64 bits per heavy atom. The number of hydrogen-bond donors (Lipinski definition) is 0. The van der Waals surface area contributed by atoms with Crippen molar-refractivity contribution in [2.24, 2.45) is 0 Å². The average Bonchev–Trinajstić information content (AvgIpc) is 2.62. The Morgan fingerprint density at radius 3 is 2.32 bits per heavy atom. The van der Waals surface area contributed by atoms with E-state index in [9.17, 15) is 0 Å². The first kappa shape index (κ1) is 14.1. The number of rotatable bonds is 4. The Kier molecular flexibility index (Phi) is 4.01. The normalized spacial score (nSPS) is 10.3. The molecule has 0 aliphatic heterocycles. The van der Waals surface area contributed by atoms with Crippen LogP contribution in [-0.4, -0.2) is 24.1 Å². The van der Waals surface area contributed by atoms with Crippen LogP contribution in [0.15, 0.2) is 66.9 Å². The van der Waals surface area contributed by atoms with Gasteiger partial charge in [-0.2, -0.15) is 0 Å². The van der Waals surface area contributed by atoms with Gasteiger partial charge in [0, 0.05) is 24.5 Å². The molecule has 4 heteroatoms. The molecule has 1 heterocycles. The first-order valence-corrected chi connectivity index (χ1v) is 7.04. The lowest BCUT2D eigenvalue weighted by molar-refractivity contribution is 0.415. The fourth-order valence-corrected chi connectivity index (χ4v) is 2.20. The summed E-state index contributed by atoms with van der Waals surface area (Å²) in [5, 5.41) is 0. The first-order chi connectivity index (χ1) is 10.8. The fraction of sp³-hybridized carbons (Fsp3) is 0.111. The quantitative estimate of drug-likeness (QED) is 0.730. The van der Waals surface area contributed by atoms with Crippen LogP contribution in [0.25, 0.3) is 11.3 Å². The van der Waals surface area contributed by atoms with Gasteiger partial charge in [0.05, 0.1) is 12.8 Å². The van der Waals surface area contributed by atoms with Gasteiger partial charge in [-0.05, 0) is 42.5 Å². The van der Waals surface area contributed by atoms with Gasteiger partial charge >= 0.3 is 0 Å². The monoisotopic (exact) mass is 291 g/mol. The van der Waals surface area contributed by atoms with Gasteiger partial charge < -0.3 is 9.64 Å². The van der Waals surface area contributed by atoms with Crippen molar-refractivity contribution in [1.29, 1.82) is 0 Å². The zero-order chi connectivity index (χ0) is 15.4. The lowest BCUT2D eigenvalue weighted by atomic mass is 10.1. The topological polar surface area (TPSA) is 38.2 Å². The molecule has 2 aromatic carbocycles. The van der Waals surface area contributed by atoms with Gasteiger partial charge in [0.25, 0.3) is 0 Å². The van der Waals surface area contributed by atoms with E-state index >= 15 is 0 Å². The van der Waals surface area contributed by atoms with Gasteiger partial charge in [0.15, 0.2) is 0 Å². The predicted molar refractivity (Wildman–Crippen MR) is 88.5 cm³/mol. The Bertz CT molecular complexity index is 742. The summed E-state index contributed by atoms with van der Waals surface area (Å²) < 4.78 is 5.18. The van der Waals surface area contributed by atoms with Crippen LogP contribution in [0.3, 0.4) is 0 Å². The minimum Gasteiger partial charge on any atom is -0.497 e. The zero-order valence-electron chi connectivity index (χ0n) is 12.6. The zero-order valence-corrected chi connectivity index (χ0v) is 12.6. The van der Waals surface area contributed by atoms with Gasteiger partial charge in [-0.15, -0.1) is 0 Å². The van der Waals surface area contributed by atoms with Crippen LogP contribution >= 0.6 is 0 Å². The second kappa shape index (κ2) is 6.26. The number of para-hydroxylation sites is 1. The van der Waals surface area contributed by atoms with E-state index in [-0.39, 0.29) is 0 Å². The van der Waals surface area contributed by atoms with Crippen molar-refractivity contribution in [1.82, 2.24) is 9.97 Å². The average molecular weight is 291 g/mol. The maximum Gasteiger partial charge on any atom is 0.230 e. The first-order valence-electron chi connectivity index (χ1n) is 7.04. The molecule has 0 unspecified atom stereocenters. The molecule has 22 heavy (non-hydrogen) atoms. The molecule has 0 bridgehead atoms. The molecule has 1 aromatic heterocycles. The molecule has 0 radical (unpaired) electrons. The largest absolute Gasteiger partial charge is 0.497 e. The number of nitrogens with zero attached hydrogens (tertiary/aromatic N) is 3. The smallest absolute Gasteiger partial charge is 0.230 e. The van der Waals surface area contributed by atoms with Gasteiger partial charge in [0.1, 0.15) is 5.75 Å². The van der Waals surface area contributed by atoms with Crippen molar-refractivity contribution in [2.45, 2.75) is 0 Å². The lowest BCUT2D eigenvalue weighted by Gasteiger charge is -2.17. The second-order valence-corrected chi connectivity index (χ2v) is 4.86. The van der Waals surface area contributed by atoms with Gasteiger partial charge in [-0.1, -0.05) is 18.2 Å². The molecule has 4 nitrogen and oxygen atoms in total. The van der Waals surface area contributed by atoms with Crippen LogP contribution in [0.2, 0.25) is 0 Å². The van der Waals surface area contributed by atoms with Gasteiger partial charge in [-0.3, -0.25) is 0 Å². The summed E-state index contributed by atoms with van der Waals surface area (Å²) in [4.78, 5) is 11.0. The van der Waals surface area contributed by atoms with Crippen LogP contribution in [0.5, 0.6) is 5.75 Å². The van der Waals surface area contributed by atoms with E-state index in [1.54, 1.807) is 13.3 Å². The van der Waals surface area contributed by atoms with Crippen LogP contribution in [0.1, 0.15) is 0 Å². The van der Waals surface area contributed by atoms with Crippen molar-refractivity contribution >= 4 is 11.6 Å². The summed E-state index contributed by atoms with van der Waals surface area (Å²) in [6.45, 7) is 0. The summed E-state index contributed by atoms with van der Waals surface area (Å²) in [6, 6.07) is 19.8. The molecule has 0 amide bonds. The Morgan fingerprint density at radius 1 is 0.909 bits per heavy atom. The molecule has 0 saturated carbocycles. The molecular formula is C18H17N3O. The highest BCUT2D eigenvalue weighted by atomic mass is 16.5. The van der Waals surface area contributed by atoms with E-state index in [0.29, 0.717) is 5.95 Å². The van der Waals surface area contributed by atoms with Crippen LogP contribution in [0.4, 0.5) is 11.6 Å². The van der Waals surface area contributed by atoms with E-state index in [0.717, 1.165) is 22.7 Å². The summed E-state index contributed by atoms with van der Waals surface area (Å²) in [5.41, 5.74) is 2.97. The summed E-state index contributed by atoms with van der Waals surface area (Å²) >= 11 is 0. The molecule has 0 N–H and O–H groups in total. The van der Waals surface area contributed by atoms with E-state index in [4.69, 9.17) is 4.74 Å². The molecule has 3 rings (SSSR count). The third-order valence-electron chi connectivity index (χ3n) is 3.47. The lowest BCUT2D eigenvalue weighted by Crippen LogP contribution is -2.13. The second-order valence-electron chi connectivity index (χ2n) is 4.86. The SMILES string of the molecule is COc1ccc(-c2ccnc(N(C)c3ccccc3)n2)cc1. The molecule has 3 aromatic rings. The van der Waals surface area contributed by atoms with E-state index in [1.165, 1.54) is 0 Å². The number of methoxy groups -OCH3 is 1. The number of benzene rings is 2. The number of hydrogen-bond acceptors (Lipinski definition) is 4. The highest BCUT2D eigenvalue weighted by molar-refractivity contribution is 5.63. The van der Waals surface area contributed by atoms with Crippen molar-refractivity contribution in [3.8, 4) is 17.0 Å². The highest BCUT2D eigenvalue weighted by Gasteiger charge is 2.08. The highest BCUT2D eigenvalue weighted by Crippen LogP contribution is 2.24. The Balaban J connectivity index is 1.92. The Hall–Kier alpha value is -2.88.